The molecule has 1 aliphatic rings. The van der Waals surface area contributed by atoms with E-state index < -0.39 is 0 Å². The predicted molar refractivity (Wildman–Crippen MR) is 106 cm³/mol. The van der Waals surface area contributed by atoms with E-state index in [1.54, 1.807) is 0 Å². The van der Waals surface area contributed by atoms with Crippen molar-refractivity contribution in [3.05, 3.63) is 83.9 Å². The summed E-state index contributed by atoms with van der Waals surface area (Å²) in [6.07, 6.45) is 1.23. The molecular formula is C23H26N2. The van der Waals surface area contributed by atoms with Crippen LogP contribution in [0.25, 0.3) is 10.8 Å². The Bertz CT molecular complexity index is 828. The molecule has 1 saturated heterocycles. The van der Waals surface area contributed by atoms with Gasteiger partial charge < -0.3 is 5.32 Å². The molecule has 2 nitrogen and oxygen atoms in total. The molecule has 0 aromatic heterocycles. The third-order valence-corrected chi connectivity index (χ3v) is 5.28. The van der Waals surface area contributed by atoms with Crippen LogP contribution in [0, 0.1) is 0 Å². The summed E-state index contributed by atoms with van der Waals surface area (Å²) in [6.45, 7) is 5.61. The molecule has 0 amide bonds. The van der Waals surface area contributed by atoms with Gasteiger partial charge in [0, 0.05) is 31.7 Å². The molecule has 0 saturated carbocycles. The van der Waals surface area contributed by atoms with E-state index in [1.807, 2.05) is 0 Å². The van der Waals surface area contributed by atoms with Gasteiger partial charge >= 0.3 is 0 Å². The first-order valence-electron chi connectivity index (χ1n) is 9.29. The second-order valence-electron chi connectivity index (χ2n) is 7.20. The lowest BCUT2D eigenvalue weighted by Crippen LogP contribution is -2.34. The third kappa shape index (κ3) is 3.92. The number of likely N-dealkylation sites (tertiary alicyclic amines) is 1. The van der Waals surface area contributed by atoms with E-state index in [-0.39, 0.29) is 0 Å². The van der Waals surface area contributed by atoms with Crippen molar-refractivity contribution in [2.45, 2.75) is 32.0 Å². The number of fused-ring (bicyclic) bond motifs is 1. The number of benzene rings is 3. The molecule has 2 atom stereocenters. The minimum atomic E-state index is 0.409. The molecule has 1 heterocycles. The van der Waals surface area contributed by atoms with Crippen LogP contribution in [0.2, 0.25) is 0 Å². The fourth-order valence-electron chi connectivity index (χ4n) is 3.90. The summed E-state index contributed by atoms with van der Waals surface area (Å²) < 4.78 is 0. The summed E-state index contributed by atoms with van der Waals surface area (Å²) in [5, 5.41) is 6.46. The van der Waals surface area contributed by atoms with Gasteiger partial charge in [-0.05, 0) is 41.3 Å². The molecule has 2 heteroatoms. The van der Waals surface area contributed by atoms with Crippen molar-refractivity contribution in [2.75, 3.05) is 13.1 Å². The summed E-state index contributed by atoms with van der Waals surface area (Å²) in [5.74, 6) is 0. The quantitative estimate of drug-likeness (QED) is 0.725. The molecule has 3 aromatic carbocycles. The van der Waals surface area contributed by atoms with Crippen LogP contribution in [-0.2, 0) is 6.54 Å². The second kappa shape index (κ2) is 7.38. The number of nitrogens with zero attached hydrogens (tertiary/aromatic N) is 1. The van der Waals surface area contributed by atoms with E-state index in [0.717, 1.165) is 13.1 Å². The molecule has 1 N–H and O–H groups in total. The van der Waals surface area contributed by atoms with Crippen LogP contribution >= 0.6 is 0 Å². The Kier molecular flexibility index (Phi) is 4.82. The Morgan fingerprint density at radius 3 is 2.56 bits per heavy atom. The summed E-state index contributed by atoms with van der Waals surface area (Å²) in [6, 6.07) is 27.2. The zero-order valence-electron chi connectivity index (χ0n) is 14.9. The van der Waals surface area contributed by atoms with Crippen molar-refractivity contribution in [3.63, 3.8) is 0 Å². The zero-order chi connectivity index (χ0) is 17.1. The predicted octanol–water partition coefficient (Wildman–Crippen LogP) is 4.76. The van der Waals surface area contributed by atoms with E-state index in [9.17, 15) is 0 Å². The van der Waals surface area contributed by atoms with Gasteiger partial charge in [0.05, 0.1) is 0 Å². The highest BCUT2D eigenvalue weighted by Crippen LogP contribution is 2.20. The van der Waals surface area contributed by atoms with Crippen molar-refractivity contribution in [1.82, 2.24) is 10.2 Å². The van der Waals surface area contributed by atoms with Crippen LogP contribution in [0.15, 0.2) is 72.8 Å². The maximum Gasteiger partial charge on any atom is 0.0294 e. The maximum atomic E-state index is 3.80. The lowest BCUT2D eigenvalue weighted by molar-refractivity contribution is 0.316. The first-order chi connectivity index (χ1) is 12.3. The zero-order valence-corrected chi connectivity index (χ0v) is 14.9. The van der Waals surface area contributed by atoms with Crippen LogP contribution < -0.4 is 5.32 Å². The average molecular weight is 330 g/mol. The second-order valence-corrected chi connectivity index (χ2v) is 7.20. The van der Waals surface area contributed by atoms with Crippen molar-refractivity contribution in [1.29, 1.82) is 0 Å². The highest BCUT2D eigenvalue weighted by Gasteiger charge is 2.23. The van der Waals surface area contributed by atoms with Gasteiger partial charge in [-0.25, -0.2) is 0 Å². The van der Waals surface area contributed by atoms with Crippen molar-refractivity contribution >= 4 is 10.8 Å². The highest BCUT2D eigenvalue weighted by atomic mass is 15.2. The molecule has 25 heavy (non-hydrogen) atoms. The fourth-order valence-corrected chi connectivity index (χ4v) is 3.90. The summed E-state index contributed by atoms with van der Waals surface area (Å²) in [4.78, 5) is 2.57. The van der Waals surface area contributed by atoms with Crippen LogP contribution in [0.1, 0.15) is 30.5 Å². The van der Waals surface area contributed by atoms with Crippen LogP contribution in [0.4, 0.5) is 0 Å². The monoisotopic (exact) mass is 330 g/mol. The smallest absolute Gasteiger partial charge is 0.0294 e. The van der Waals surface area contributed by atoms with Gasteiger partial charge in [-0.15, -0.1) is 0 Å². The van der Waals surface area contributed by atoms with Gasteiger partial charge in [-0.2, -0.15) is 0 Å². The fraction of sp³-hybridized carbons (Fsp3) is 0.304. The molecule has 1 aliphatic heterocycles. The van der Waals surface area contributed by atoms with Gasteiger partial charge in [0.15, 0.2) is 0 Å². The van der Waals surface area contributed by atoms with E-state index in [0.29, 0.717) is 12.1 Å². The van der Waals surface area contributed by atoms with Gasteiger partial charge in [-0.1, -0.05) is 66.7 Å². The largest absolute Gasteiger partial charge is 0.306 e. The molecule has 0 spiro atoms. The first kappa shape index (κ1) is 16.3. The van der Waals surface area contributed by atoms with E-state index in [4.69, 9.17) is 0 Å². The normalized spacial score (nSPS) is 19.3. The number of nitrogens with one attached hydrogen (secondary N) is 1. The van der Waals surface area contributed by atoms with Crippen molar-refractivity contribution < 1.29 is 0 Å². The summed E-state index contributed by atoms with van der Waals surface area (Å²) >= 11 is 0. The molecule has 0 unspecified atom stereocenters. The van der Waals surface area contributed by atoms with Gasteiger partial charge in [-0.3, -0.25) is 4.90 Å². The van der Waals surface area contributed by atoms with Crippen LogP contribution in [-0.4, -0.2) is 24.0 Å². The van der Waals surface area contributed by atoms with Gasteiger partial charge in [0.1, 0.15) is 0 Å². The third-order valence-electron chi connectivity index (χ3n) is 5.28. The van der Waals surface area contributed by atoms with E-state index in [1.165, 1.54) is 34.9 Å². The Morgan fingerprint density at radius 1 is 0.960 bits per heavy atom. The Hall–Kier alpha value is -2.16. The lowest BCUT2D eigenvalue weighted by atomic mass is 10.1. The van der Waals surface area contributed by atoms with Crippen LogP contribution in [0.5, 0.6) is 0 Å². The number of hydrogen-bond acceptors (Lipinski definition) is 2. The van der Waals surface area contributed by atoms with Gasteiger partial charge in [0.2, 0.25) is 0 Å². The Morgan fingerprint density at radius 2 is 1.72 bits per heavy atom. The minimum absolute atomic E-state index is 0.409. The molecule has 1 fully saturated rings. The SMILES string of the molecule is C[C@@H](N[C@H]1CCN(Cc2ccc3ccccc3c2)C1)c1ccccc1. The molecule has 0 bridgehead atoms. The number of rotatable bonds is 5. The molecule has 128 valence electrons. The van der Waals surface area contributed by atoms with Crippen molar-refractivity contribution in [3.8, 4) is 0 Å². The van der Waals surface area contributed by atoms with Crippen LogP contribution in [0.3, 0.4) is 0 Å². The highest BCUT2D eigenvalue weighted by molar-refractivity contribution is 5.82. The molecule has 3 aromatic rings. The summed E-state index contributed by atoms with van der Waals surface area (Å²) in [5.41, 5.74) is 2.78. The van der Waals surface area contributed by atoms with Crippen molar-refractivity contribution in [2.24, 2.45) is 0 Å². The number of hydrogen-bond donors (Lipinski definition) is 1. The van der Waals surface area contributed by atoms with Gasteiger partial charge in [0.25, 0.3) is 0 Å². The molecular weight excluding hydrogens is 304 g/mol. The minimum Gasteiger partial charge on any atom is -0.306 e. The lowest BCUT2D eigenvalue weighted by Gasteiger charge is -2.21. The first-order valence-corrected chi connectivity index (χ1v) is 9.29. The van der Waals surface area contributed by atoms with E-state index in [2.05, 4.69) is 89.9 Å². The topological polar surface area (TPSA) is 15.3 Å². The van der Waals surface area contributed by atoms with E-state index >= 15 is 0 Å². The summed E-state index contributed by atoms with van der Waals surface area (Å²) in [7, 11) is 0. The Balaban J connectivity index is 1.35. The molecule has 0 radical (unpaired) electrons. The average Bonchev–Trinajstić information content (AvgIpc) is 3.09. The Labute approximate surface area is 150 Å². The standard InChI is InChI=1S/C23H26N2/c1-18(20-7-3-2-4-8-20)24-23-13-14-25(17-23)16-19-11-12-21-9-5-6-10-22(21)15-19/h2-12,15,18,23-24H,13-14,16-17H2,1H3/t18-,23+/m1/s1. The molecule has 4 rings (SSSR count). The molecule has 0 aliphatic carbocycles. The maximum absolute atomic E-state index is 3.80.